The van der Waals surface area contributed by atoms with Crippen molar-refractivity contribution in [3.63, 3.8) is 0 Å². The number of aromatic nitrogens is 2. The van der Waals surface area contributed by atoms with Crippen molar-refractivity contribution < 1.29 is 9.59 Å². The van der Waals surface area contributed by atoms with Crippen molar-refractivity contribution in [3.8, 4) is 0 Å². The van der Waals surface area contributed by atoms with Crippen molar-refractivity contribution in [1.29, 1.82) is 0 Å². The first-order valence-electron chi connectivity index (χ1n) is 6.88. The molecule has 0 bridgehead atoms. The van der Waals surface area contributed by atoms with Crippen LogP contribution in [0.3, 0.4) is 0 Å². The Hall–Kier alpha value is -1.85. The number of nitrogens with one attached hydrogen (secondary N) is 2. The van der Waals surface area contributed by atoms with Crippen molar-refractivity contribution in [2.45, 2.75) is 45.2 Å². The Kier molecular flexibility index (Phi) is 3.83. The van der Waals surface area contributed by atoms with Crippen LogP contribution in [-0.2, 0) is 16.6 Å². The lowest BCUT2D eigenvalue weighted by Gasteiger charge is -2.27. The van der Waals surface area contributed by atoms with E-state index in [9.17, 15) is 9.59 Å². The van der Waals surface area contributed by atoms with Crippen molar-refractivity contribution in [2.24, 2.45) is 13.0 Å². The van der Waals surface area contributed by atoms with Gasteiger partial charge in [0.15, 0.2) is 0 Å². The molecule has 2 amide bonds. The normalized spacial score (nSPS) is 16.6. The highest BCUT2D eigenvalue weighted by Gasteiger charge is 2.38. The fourth-order valence-electron chi connectivity index (χ4n) is 2.32. The number of imidazole rings is 1. The lowest BCUT2D eigenvalue weighted by Crippen LogP contribution is -2.55. The molecule has 1 aromatic rings. The van der Waals surface area contributed by atoms with Crippen LogP contribution in [0.1, 0.15) is 45.5 Å². The van der Waals surface area contributed by atoms with Gasteiger partial charge in [-0.25, -0.2) is 4.98 Å². The van der Waals surface area contributed by atoms with Gasteiger partial charge in [-0.1, -0.05) is 0 Å². The molecule has 2 rings (SSSR count). The van der Waals surface area contributed by atoms with E-state index in [1.165, 1.54) is 6.92 Å². The van der Waals surface area contributed by atoms with E-state index in [0.29, 0.717) is 5.92 Å². The zero-order chi connectivity index (χ0) is 14.9. The molecule has 6 nitrogen and oxygen atoms in total. The minimum absolute atomic E-state index is 0.0875. The van der Waals surface area contributed by atoms with E-state index >= 15 is 0 Å². The number of hydrogen-bond acceptors (Lipinski definition) is 3. The summed E-state index contributed by atoms with van der Waals surface area (Å²) in [6.45, 7) is 4.81. The van der Waals surface area contributed by atoms with Gasteiger partial charge >= 0.3 is 0 Å². The van der Waals surface area contributed by atoms with Gasteiger partial charge in [-0.05, 0) is 32.6 Å². The molecule has 0 spiro atoms. The van der Waals surface area contributed by atoms with Crippen LogP contribution < -0.4 is 10.6 Å². The fraction of sp³-hybridized carbons (Fsp3) is 0.643. The molecule has 1 saturated carbocycles. The van der Waals surface area contributed by atoms with E-state index in [0.717, 1.165) is 18.7 Å². The summed E-state index contributed by atoms with van der Waals surface area (Å²) in [6, 6.07) is -0.0875. The first-order valence-corrected chi connectivity index (χ1v) is 6.88. The Balaban J connectivity index is 2.11. The monoisotopic (exact) mass is 278 g/mol. The largest absolute Gasteiger partial charge is 0.344 e. The highest BCUT2D eigenvalue weighted by molar-refractivity contribution is 5.90. The molecule has 1 aliphatic rings. The summed E-state index contributed by atoms with van der Waals surface area (Å²) in [6.07, 6.45) is 5.79. The Morgan fingerprint density at radius 3 is 2.55 bits per heavy atom. The Labute approximate surface area is 119 Å². The molecule has 1 aromatic heterocycles. The third-order valence-electron chi connectivity index (χ3n) is 3.57. The number of rotatable bonds is 5. The van der Waals surface area contributed by atoms with Crippen molar-refractivity contribution in [2.75, 3.05) is 0 Å². The molecular formula is C14H22N4O2. The van der Waals surface area contributed by atoms with Crippen LogP contribution in [0.2, 0.25) is 0 Å². The lowest BCUT2D eigenvalue weighted by atomic mass is 10.0. The summed E-state index contributed by atoms with van der Waals surface area (Å²) in [7, 11) is 1.92. The highest BCUT2D eigenvalue weighted by atomic mass is 16.2. The van der Waals surface area contributed by atoms with Crippen LogP contribution in [0.15, 0.2) is 12.4 Å². The summed E-state index contributed by atoms with van der Waals surface area (Å²) in [5, 5.41) is 5.70. The average molecular weight is 278 g/mol. The molecule has 110 valence electrons. The number of amides is 2. The zero-order valence-electron chi connectivity index (χ0n) is 12.4. The van der Waals surface area contributed by atoms with Gasteiger partial charge in [-0.2, -0.15) is 0 Å². The number of carbonyl (C=O) groups is 2. The van der Waals surface area contributed by atoms with Gasteiger partial charge < -0.3 is 15.2 Å². The quantitative estimate of drug-likeness (QED) is 0.840. The van der Waals surface area contributed by atoms with Gasteiger partial charge in [0.25, 0.3) is 0 Å². The molecule has 0 radical (unpaired) electrons. The van der Waals surface area contributed by atoms with E-state index in [1.54, 1.807) is 20.0 Å². The van der Waals surface area contributed by atoms with E-state index in [1.807, 2.05) is 17.8 Å². The third kappa shape index (κ3) is 3.18. The van der Waals surface area contributed by atoms with Crippen LogP contribution >= 0.6 is 0 Å². The Morgan fingerprint density at radius 1 is 1.45 bits per heavy atom. The van der Waals surface area contributed by atoms with Gasteiger partial charge in [0, 0.05) is 26.4 Å². The first kappa shape index (κ1) is 14.6. The topological polar surface area (TPSA) is 76.0 Å². The van der Waals surface area contributed by atoms with E-state index in [2.05, 4.69) is 15.6 Å². The van der Waals surface area contributed by atoms with Crippen LogP contribution in [-0.4, -0.2) is 26.9 Å². The molecule has 1 aliphatic carbocycles. The maximum Gasteiger partial charge on any atom is 0.245 e. The Bertz CT molecular complexity index is 517. The Morgan fingerprint density at radius 2 is 2.10 bits per heavy atom. The smallest absolute Gasteiger partial charge is 0.245 e. The van der Waals surface area contributed by atoms with E-state index in [-0.39, 0.29) is 17.9 Å². The minimum atomic E-state index is -0.926. The summed E-state index contributed by atoms with van der Waals surface area (Å²) < 4.78 is 1.93. The van der Waals surface area contributed by atoms with Gasteiger partial charge in [0.2, 0.25) is 11.8 Å². The van der Waals surface area contributed by atoms with Crippen molar-refractivity contribution in [1.82, 2.24) is 20.2 Å². The van der Waals surface area contributed by atoms with Crippen molar-refractivity contribution in [3.05, 3.63) is 18.2 Å². The second-order valence-corrected chi connectivity index (χ2v) is 5.99. The third-order valence-corrected chi connectivity index (χ3v) is 3.57. The average Bonchev–Trinajstić information content (AvgIpc) is 3.07. The molecule has 0 saturated heterocycles. The molecule has 1 heterocycles. The molecule has 0 aromatic carbocycles. The van der Waals surface area contributed by atoms with Crippen LogP contribution in [0.5, 0.6) is 0 Å². The second kappa shape index (κ2) is 5.26. The predicted molar refractivity (Wildman–Crippen MR) is 74.7 cm³/mol. The van der Waals surface area contributed by atoms with Gasteiger partial charge in [-0.15, -0.1) is 0 Å². The first-order chi connectivity index (χ1) is 9.31. The van der Waals surface area contributed by atoms with Crippen LogP contribution in [0.25, 0.3) is 0 Å². The maximum atomic E-state index is 12.4. The van der Waals surface area contributed by atoms with Crippen LogP contribution in [0, 0.1) is 5.92 Å². The van der Waals surface area contributed by atoms with Gasteiger partial charge in [-0.3, -0.25) is 9.59 Å². The van der Waals surface area contributed by atoms with Crippen molar-refractivity contribution >= 4 is 11.8 Å². The fourth-order valence-corrected chi connectivity index (χ4v) is 2.32. The molecule has 1 atom stereocenters. The number of carbonyl (C=O) groups excluding carboxylic acids is 2. The van der Waals surface area contributed by atoms with E-state index < -0.39 is 5.54 Å². The standard InChI is InChI=1S/C14H22N4O2/c1-9(19)17-14(2,3)13(20)16-11(10-5-6-10)12-15-7-8-18(12)4/h7-8,10-11H,5-6H2,1-4H3,(H,16,20)(H,17,19). The summed E-state index contributed by atoms with van der Waals surface area (Å²) in [5.74, 6) is 0.894. The number of aryl methyl sites for hydroxylation is 1. The maximum absolute atomic E-state index is 12.4. The minimum Gasteiger partial charge on any atom is -0.344 e. The molecule has 0 aliphatic heterocycles. The SMILES string of the molecule is CC(=O)NC(C)(C)C(=O)NC(c1nccn1C)C1CC1. The molecule has 20 heavy (non-hydrogen) atoms. The number of hydrogen-bond donors (Lipinski definition) is 2. The lowest BCUT2D eigenvalue weighted by molar-refractivity contribution is -0.132. The molecule has 6 heteroatoms. The summed E-state index contributed by atoms with van der Waals surface area (Å²) >= 11 is 0. The van der Waals surface area contributed by atoms with Gasteiger partial charge in [0.1, 0.15) is 11.4 Å². The molecule has 2 N–H and O–H groups in total. The molecule has 1 fully saturated rings. The number of nitrogens with zero attached hydrogens (tertiary/aromatic N) is 2. The summed E-state index contributed by atoms with van der Waals surface area (Å²) in [4.78, 5) is 27.9. The predicted octanol–water partition coefficient (Wildman–Crippen LogP) is 0.902. The van der Waals surface area contributed by atoms with Gasteiger partial charge in [0.05, 0.1) is 6.04 Å². The van der Waals surface area contributed by atoms with Crippen LogP contribution in [0.4, 0.5) is 0 Å². The molecule has 1 unspecified atom stereocenters. The molecular weight excluding hydrogens is 256 g/mol. The van der Waals surface area contributed by atoms with E-state index in [4.69, 9.17) is 0 Å². The highest BCUT2D eigenvalue weighted by Crippen LogP contribution is 2.40. The zero-order valence-corrected chi connectivity index (χ0v) is 12.4. The summed E-state index contributed by atoms with van der Waals surface area (Å²) in [5.41, 5.74) is -0.926. The second-order valence-electron chi connectivity index (χ2n) is 5.99.